The minimum atomic E-state index is -0.474. The summed E-state index contributed by atoms with van der Waals surface area (Å²) in [6.07, 6.45) is 3.48. The standard InChI is InChI=1S/C15H19N3O3/c1-9-3-2-4-13(18(20)21)14(9)15(19)17-11-5-6-12(17)8-10(16)7-11/h2-4,10-12H,5-8,16H2,1H3. The van der Waals surface area contributed by atoms with Crippen molar-refractivity contribution in [3.8, 4) is 0 Å². The number of carbonyl (C=O) groups excluding carboxylic acids is 1. The van der Waals surface area contributed by atoms with Crippen molar-refractivity contribution in [1.29, 1.82) is 0 Å². The topological polar surface area (TPSA) is 89.5 Å². The average Bonchev–Trinajstić information content (AvgIpc) is 2.70. The molecular formula is C15H19N3O3. The Morgan fingerprint density at radius 2 is 1.95 bits per heavy atom. The van der Waals surface area contributed by atoms with E-state index in [2.05, 4.69) is 0 Å². The molecule has 2 unspecified atom stereocenters. The Hall–Kier alpha value is -1.95. The molecule has 3 rings (SSSR count). The third kappa shape index (κ3) is 2.29. The molecule has 2 N–H and O–H groups in total. The first-order valence-electron chi connectivity index (χ1n) is 7.31. The zero-order chi connectivity index (χ0) is 15.1. The molecule has 2 heterocycles. The van der Waals surface area contributed by atoms with Crippen LogP contribution in [0.2, 0.25) is 0 Å². The van der Waals surface area contributed by atoms with E-state index in [-0.39, 0.29) is 35.3 Å². The van der Waals surface area contributed by atoms with Crippen molar-refractivity contribution in [2.24, 2.45) is 5.73 Å². The molecule has 1 aromatic carbocycles. The van der Waals surface area contributed by atoms with Gasteiger partial charge in [-0.05, 0) is 38.2 Å². The number of hydrogen-bond donors (Lipinski definition) is 1. The highest BCUT2D eigenvalue weighted by atomic mass is 16.6. The molecule has 6 nitrogen and oxygen atoms in total. The predicted octanol–water partition coefficient (Wildman–Crippen LogP) is 2.00. The largest absolute Gasteiger partial charge is 0.332 e. The van der Waals surface area contributed by atoms with E-state index in [4.69, 9.17) is 5.73 Å². The molecule has 2 saturated heterocycles. The molecule has 2 fully saturated rings. The molecule has 0 saturated carbocycles. The van der Waals surface area contributed by atoms with E-state index in [1.807, 2.05) is 4.90 Å². The maximum absolute atomic E-state index is 12.9. The number of aryl methyl sites for hydroxylation is 1. The van der Waals surface area contributed by atoms with E-state index in [1.54, 1.807) is 19.1 Å². The molecule has 2 aliphatic rings. The number of nitrogens with two attached hydrogens (primary N) is 1. The zero-order valence-electron chi connectivity index (χ0n) is 12.0. The molecule has 2 atom stereocenters. The monoisotopic (exact) mass is 289 g/mol. The molecular weight excluding hydrogens is 270 g/mol. The average molecular weight is 289 g/mol. The van der Waals surface area contributed by atoms with Crippen molar-refractivity contribution in [2.45, 2.75) is 50.7 Å². The normalized spacial score (nSPS) is 27.7. The van der Waals surface area contributed by atoms with Crippen LogP contribution < -0.4 is 5.73 Å². The van der Waals surface area contributed by atoms with Crippen LogP contribution in [0.25, 0.3) is 0 Å². The number of nitro groups is 1. The van der Waals surface area contributed by atoms with Crippen LogP contribution >= 0.6 is 0 Å². The van der Waals surface area contributed by atoms with Crippen LogP contribution in [0.5, 0.6) is 0 Å². The van der Waals surface area contributed by atoms with Crippen LogP contribution in [-0.4, -0.2) is 33.9 Å². The number of hydrogen-bond acceptors (Lipinski definition) is 4. The Morgan fingerprint density at radius 1 is 1.33 bits per heavy atom. The fraction of sp³-hybridized carbons (Fsp3) is 0.533. The van der Waals surface area contributed by atoms with Gasteiger partial charge < -0.3 is 10.6 Å². The van der Waals surface area contributed by atoms with Gasteiger partial charge in [0, 0.05) is 24.2 Å². The second kappa shape index (κ2) is 5.11. The van der Waals surface area contributed by atoms with E-state index in [1.165, 1.54) is 6.07 Å². The molecule has 0 radical (unpaired) electrons. The smallest absolute Gasteiger partial charge is 0.282 e. The third-order valence-electron chi connectivity index (χ3n) is 4.67. The molecule has 21 heavy (non-hydrogen) atoms. The third-order valence-corrected chi connectivity index (χ3v) is 4.67. The second-order valence-electron chi connectivity index (χ2n) is 6.06. The predicted molar refractivity (Wildman–Crippen MR) is 78.0 cm³/mol. The number of nitrogens with zero attached hydrogens (tertiary/aromatic N) is 2. The molecule has 1 amide bonds. The van der Waals surface area contributed by atoms with Gasteiger partial charge in [-0.15, -0.1) is 0 Å². The Bertz CT molecular complexity index is 588. The van der Waals surface area contributed by atoms with Crippen molar-refractivity contribution in [3.63, 3.8) is 0 Å². The van der Waals surface area contributed by atoms with Gasteiger partial charge in [0.25, 0.3) is 11.6 Å². The van der Waals surface area contributed by atoms with Crippen LogP contribution in [0.3, 0.4) is 0 Å². The minimum absolute atomic E-state index is 0.103. The number of piperidine rings is 1. The van der Waals surface area contributed by atoms with Crippen molar-refractivity contribution in [2.75, 3.05) is 0 Å². The fourth-order valence-corrected chi connectivity index (χ4v) is 3.76. The van der Waals surface area contributed by atoms with Crippen LogP contribution in [0, 0.1) is 17.0 Å². The fourth-order valence-electron chi connectivity index (χ4n) is 3.76. The first-order chi connectivity index (χ1) is 9.99. The van der Waals surface area contributed by atoms with Crippen molar-refractivity contribution in [3.05, 3.63) is 39.4 Å². The summed E-state index contributed by atoms with van der Waals surface area (Å²) in [6, 6.07) is 5.16. The number of nitro benzene ring substituents is 1. The number of rotatable bonds is 2. The van der Waals surface area contributed by atoms with Gasteiger partial charge in [-0.25, -0.2) is 0 Å². The van der Waals surface area contributed by atoms with E-state index in [0.29, 0.717) is 5.56 Å². The lowest BCUT2D eigenvalue weighted by molar-refractivity contribution is -0.385. The summed E-state index contributed by atoms with van der Waals surface area (Å²) in [5, 5.41) is 11.2. The van der Waals surface area contributed by atoms with Gasteiger partial charge in [-0.3, -0.25) is 14.9 Å². The minimum Gasteiger partial charge on any atom is -0.332 e. The van der Waals surface area contributed by atoms with Gasteiger partial charge in [-0.1, -0.05) is 12.1 Å². The van der Waals surface area contributed by atoms with E-state index < -0.39 is 4.92 Å². The van der Waals surface area contributed by atoms with Crippen LogP contribution in [0.1, 0.15) is 41.6 Å². The van der Waals surface area contributed by atoms with Crippen molar-refractivity contribution >= 4 is 11.6 Å². The number of benzene rings is 1. The second-order valence-corrected chi connectivity index (χ2v) is 6.06. The Labute approximate surface area is 123 Å². The number of fused-ring (bicyclic) bond motifs is 2. The van der Waals surface area contributed by atoms with Crippen molar-refractivity contribution in [1.82, 2.24) is 4.90 Å². The molecule has 1 aromatic rings. The summed E-state index contributed by atoms with van der Waals surface area (Å²) in [7, 11) is 0. The quantitative estimate of drug-likeness (QED) is 0.666. The van der Waals surface area contributed by atoms with Crippen LogP contribution in [-0.2, 0) is 0 Å². The summed E-state index contributed by atoms with van der Waals surface area (Å²) in [5.74, 6) is -0.209. The maximum Gasteiger partial charge on any atom is 0.282 e. The maximum atomic E-state index is 12.9. The summed E-state index contributed by atoms with van der Waals surface area (Å²) in [6.45, 7) is 1.75. The van der Waals surface area contributed by atoms with Crippen molar-refractivity contribution < 1.29 is 9.72 Å². The van der Waals surface area contributed by atoms with Gasteiger partial charge in [0.05, 0.1) is 4.92 Å². The molecule has 2 aliphatic heterocycles. The molecule has 0 aromatic heterocycles. The molecule has 6 heteroatoms. The number of carbonyl (C=O) groups is 1. The molecule has 0 spiro atoms. The van der Waals surface area contributed by atoms with E-state index in [0.717, 1.165) is 25.7 Å². The lowest BCUT2D eigenvalue weighted by Gasteiger charge is -2.37. The van der Waals surface area contributed by atoms with Crippen LogP contribution in [0.15, 0.2) is 18.2 Å². The van der Waals surface area contributed by atoms with Gasteiger partial charge in [0.2, 0.25) is 0 Å². The first-order valence-corrected chi connectivity index (χ1v) is 7.31. The Morgan fingerprint density at radius 3 is 2.52 bits per heavy atom. The lowest BCUT2D eigenvalue weighted by atomic mass is 9.96. The van der Waals surface area contributed by atoms with E-state index in [9.17, 15) is 14.9 Å². The summed E-state index contributed by atoms with van der Waals surface area (Å²) in [5.41, 5.74) is 6.80. The lowest BCUT2D eigenvalue weighted by Crippen LogP contribution is -2.50. The van der Waals surface area contributed by atoms with Gasteiger partial charge in [-0.2, -0.15) is 0 Å². The van der Waals surface area contributed by atoms with Gasteiger partial charge in [0.15, 0.2) is 0 Å². The summed E-state index contributed by atoms with van der Waals surface area (Å²) >= 11 is 0. The van der Waals surface area contributed by atoms with E-state index >= 15 is 0 Å². The summed E-state index contributed by atoms with van der Waals surface area (Å²) < 4.78 is 0. The highest BCUT2D eigenvalue weighted by Crippen LogP contribution is 2.37. The Balaban J connectivity index is 1.99. The highest BCUT2D eigenvalue weighted by Gasteiger charge is 2.44. The number of amides is 1. The Kier molecular flexibility index (Phi) is 3.41. The summed E-state index contributed by atoms with van der Waals surface area (Å²) in [4.78, 5) is 25.5. The van der Waals surface area contributed by atoms with Crippen LogP contribution in [0.4, 0.5) is 5.69 Å². The molecule has 2 bridgehead atoms. The molecule has 0 aliphatic carbocycles. The SMILES string of the molecule is Cc1cccc([N+](=O)[O-])c1C(=O)N1C2CCC1CC(N)C2. The highest BCUT2D eigenvalue weighted by molar-refractivity contribution is 6.00. The zero-order valence-corrected chi connectivity index (χ0v) is 12.0. The first kappa shape index (κ1) is 14.0. The van der Waals surface area contributed by atoms with Gasteiger partial charge >= 0.3 is 0 Å². The van der Waals surface area contributed by atoms with Gasteiger partial charge in [0.1, 0.15) is 5.56 Å². The molecule has 112 valence electrons.